The summed E-state index contributed by atoms with van der Waals surface area (Å²) in [4.78, 5) is 2.65. The van der Waals surface area contributed by atoms with Crippen LogP contribution in [0, 0.1) is 6.92 Å². The van der Waals surface area contributed by atoms with E-state index in [1.807, 2.05) is 0 Å². The normalized spacial score (nSPS) is 22.8. The SMILES string of the molecule is Cc1cc(NCc2cccc(CN3CC(O[Si](C)(C)C(C)(C)C)C(O[Si](C)(C)C(C)(C)C)C[C@H]3CO[Si](C)(C)C(C)(C)C)c2)cc(B2OC(C)(C)C(C)(C)O2)c1. The van der Waals surface area contributed by atoms with E-state index in [0.717, 1.165) is 37.2 Å². The molecule has 3 atom stereocenters. The van der Waals surface area contributed by atoms with E-state index in [1.54, 1.807) is 0 Å². The Morgan fingerprint density at radius 1 is 0.732 bits per heavy atom. The molecule has 2 fully saturated rings. The van der Waals surface area contributed by atoms with Crippen LogP contribution in [0.2, 0.25) is 54.4 Å². The average molecular weight is 825 g/mol. The molecule has 2 saturated heterocycles. The summed E-state index contributed by atoms with van der Waals surface area (Å²) in [6, 6.07) is 15.8. The van der Waals surface area contributed by atoms with Gasteiger partial charge in [-0.2, -0.15) is 0 Å². The van der Waals surface area contributed by atoms with Gasteiger partial charge in [-0.05, 0) is 130 Å². The topological polar surface area (TPSA) is 61.4 Å². The maximum Gasteiger partial charge on any atom is 0.494 e. The summed E-state index contributed by atoms with van der Waals surface area (Å²) >= 11 is 0. The van der Waals surface area contributed by atoms with Crippen molar-refractivity contribution < 1.29 is 22.6 Å². The molecule has 2 aromatic carbocycles. The fourth-order valence-electron chi connectivity index (χ4n) is 6.61. The Bertz CT molecular complexity index is 1630. The molecule has 56 heavy (non-hydrogen) atoms. The van der Waals surface area contributed by atoms with E-state index in [2.05, 4.69) is 189 Å². The predicted octanol–water partition coefficient (Wildman–Crippen LogP) is 11.3. The molecule has 11 heteroatoms. The van der Waals surface area contributed by atoms with Crippen LogP contribution in [-0.2, 0) is 35.7 Å². The van der Waals surface area contributed by atoms with Crippen molar-refractivity contribution >= 4 is 43.2 Å². The van der Waals surface area contributed by atoms with Gasteiger partial charge in [0.2, 0.25) is 0 Å². The standard InChI is InChI=1S/C45H81BN2O5Si3/c1-33-24-36(46-52-44(11,12)45(13,14)53-46)27-37(25-33)47-29-34-22-21-23-35(26-34)30-48-31-40(51-56(19,20)43(8,9)10)39(50-55(17,18)42(5,6)7)28-38(48)32-49-54(15,16)41(2,3)4/h21-27,38-40,47H,28-32H2,1-20H3/t38-,39?,40?/m0/s1. The minimum Gasteiger partial charge on any atom is -0.415 e. The molecule has 0 spiro atoms. The summed E-state index contributed by atoms with van der Waals surface area (Å²) in [5, 5.41) is 4.07. The van der Waals surface area contributed by atoms with Crippen LogP contribution in [0.25, 0.3) is 0 Å². The molecule has 0 amide bonds. The Balaban J connectivity index is 1.60. The van der Waals surface area contributed by atoms with Crippen molar-refractivity contribution in [3.05, 3.63) is 59.2 Å². The molecule has 2 unspecified atom stereocenters. The Labute approximate surface area is 347 Å². The molecule has 4 rings (SSSR count). The van der Waals surface area contributed by atoms with Crippen LogP contribution in [0.1, 0.15) is 113 Å². The zero-order chi connectivity index (χ0) is 42.5. The summed E-state index contributed by atoms with van der Waals surface area (Å²) in [6.07, 6.45) is 0.930. The first-order chi connectivity index (χ1) is 25.2. The zero-order valence-electron chi connectivity index (χ0n) is 39.4. The number of hydrogen-bond donors (Lipinski definition) is 1. The molecular formula is C45H81BN2O5Si3. The highest BCUT2D eigenvalue weighted by molar-refractivity contribution is 6.75. The third-order valence-electron chi connectivity index (χ3n) is 14.3. The van der Waals surface area contributed by atoms with E-state index in [0.29, 0.717) is 6.61 Å². The molecule has 2 heterocycles. The molecule has 0 bridgehead atoms. The maximum absolute atomic E-state index is 7.35. The molecule has 0 aliphatic carbocycles. The first kappa shape index (κ1) is 47.4. The van der Waals surface area contributed by atoms with Crippen molar-refractivity contribution in [2.24, 2.45) is 0 Å². The van der Waals surface area contributed by atoms with Crippen molar-refractivity contribution in [2.45, 2.75) is 200 Å². The second kappa shape index (κ2) is 16.6. The third-order valence-corrected chi connectivity index (χ3v) is 27.8. The highest BCUT2D eigenvalue weighted by Gasteiger charge is 2.52. The van der Waals surface area contributed by atoms with E-state index in [9.17, 15) is 0 Å². The van der Waals surface area contributed by atoms with Crippen molar-refractivity contribution in [3.63, 3.8) is 0 Å². The fraction of sp³-hybridized carbons (Fsp3) is 0.733. The molecule has 7 nitrogen and oxygen atoms in total. The Morgan fingerprint density at radius 3 is 1.79 bits per heavy atom. The van der Waals surface area contributed by atoms with E-state index < -0.39 is 32.1 Å². The quantitative estimate of drug-likeness (QED) is 0.202. The maximum atomic E-state index is 7.35. The summed E-state index contributed by atoms with van der Waals surface area (Å²) in [5.41, 5.74) is 5.08. The van der Waals surface area contributed by atoms with Crippen LogP contribution in [0.4, 0.5) is 5.69 Å². The lowest BCUT2D eigenvalue weighted by atomic mass is 9.78. The minimum absolute atomic E-state index is 0.00141. The van der Waals surface area contributed by atoms with Crippen molar-refractivity contribution in [1.82, 2.24) is 4.90 Å². The lowest BCUT2D eigenvalue weighted by Crippen LogP contribution is -2.61. The smallest absolute Gasteiger partial charge is 0.415 e. The second-order valence-electron chi connectivity index (χ2n) is 22.6. The van der Waals surface area contributed by atoms with Crippen LogP contribution in [0.15, 0.2) is 42.5 Å². The lowest BCUT2D eigenvalue weighted by molar-refractivity contribution is -0.0606. The first-order valence-corrected chi connectivity index (χ1v) is 30.0. The van der Waals surface area contributed by atoms with E-state index in [-0.39, 0.29) is 44.6 Å². The lowest BCUT2D eigenvalue weighted by Gasteiger charge is -2.51. The van der Waals surface area contributed by atoms with Crippen molar-refractivity contribution in [3.8, 4) is 0 Å². The number of anilines is 1. The average Bonchev–Trinajstić information content (AvgIpc) is 3.24. The number of rotatable bonds is 13. The third kappa shape index (κ3) is 11.3. The molecule has 2 aliphatic heterocycles. The minimum atomic E-state index is -2.10. The molecule has 0 saturated carbocycles. The van der Waals surface area contributed by atoms with Gasteiger partial charge in [0.25, 0.3) is 0 Å². The number of benzene rings is 2. The fourth-order valence-corrected chi connectivity index (χ4v) is 10.3. The number of nitrogens with zero attached hydrogens (tertiary/aromatic N) is 1. The summed E-state index contributed by atoms with van der Waals surface area (Å²) in [5.74, 6) is 0. The van der Waals surface area contributed by atoms with E-state index in [1.165, 1.54) is 16.7 Å². The molecule has 2 aliphatic rings. The van der Waals surface area contributed by atoms with Gasteiger partial charge in [0, 0.05) is 38.0 Å². The van der Waals surface area contributed by atoms with Gasteiger partial charge in [0.15, 0.2) is 25.0 Å². The number of piperidine rings is 1. The van der Waals surface area contributed by atoms with Gasteiger partial charge in [-0.25, -0.2) is 0 Å². The molecule has 0 aromatic heterocycles. The molecule has 0 radical (unpaired) electrons. The number of likely N-dealkylation sites (tertiary alicyclic amines) is 1. The van der Waals surface area contributed by atoms with Gasteiger partial charge >= 0.3 is 7.12 Å². The summed E-state index contributed by atoms with van der Waals surface area (Å²) in [6.45, 7) is 49.0. The van der Waals surface area contributed by atoms with Crippen LogP contribution in [0.5, 0.6) is 0 Å². The van der Waals surface area contributed by atoms with Crippen LogP contribution >= 0.6 is 0 Å². The largest absolute Gasteiger partial charge is 0.494 e. The van der Waals surface area contributed by atoms with Gasteiger partial charge in [-0.15, -0.1) is 0 Å². The van der Waals surface area contributed by atoms with Crippen LogP contribution in [0.3, 0.4) is 0 Å². The Morgan fingerprint density at radius 2 is 1.25 bits per heavy atom. The zero-order valence-corrected chi connectivity index (χ0v) is 42.4. The highest BCUT2D eigenvalue weighted by atomic mass is 28.4. The van der Waals surface area contributed by atoms with Gasteiger partial charge < -0.3 is 27.9 Å². The second-order valence-corrected chi connectivity index (χ2v) is 36.9. The molecular weight excluding hydrogens is 744 g/mol. The summed E-state index contributed by atoms with van der Waals surface area (Å²) in [7, 11) is -6.55. The van der Waals surface area contributed by atoms with Gasteiger partial charge in [0.05, 0.1) is 23.4 Å². The van der Waals surface area contributed by atoms with Crippen molar-refractivity contribution in [2.75, 3.05) is 18.5 Å². The Hall–Kier alpha value is -1.28. The Kier molecular flexibility index (Phi) is 14.1. The van der Waals surface area contributed by atoms with Gasteiger partial charge in [0.1, 0.15) is 0 Å². The van der Waals surface area contributed by atoms with E-state index in [4.69, 9.17) is 22.6 Å². The monoisotopic (exact) mass is 825 g/mol. The molecule has 316 valence electrons. The van der Waals surface area contributed by atoms with Gasteiger partial charge in [-0.1, -0.05) is 92.6 Å². The number of nitrogens with one attached hydrogen (secondary N) is 1. The molecule has 1 N–H and O–H groups in total. The number of hydrogen-bond acceptors (Lipinski definition) is 7. The first-order valence-electron chi connectivity index (χ1n) is 21.3. The van der Waals surface area contributed by atoms with Crippen LogP contribution < -0.4 is 10.8 Å². The van der Waals surface area contributed by atoms with Crippen molar-refractivity contribution in [1.29, 1.82) is 0 Å². The molecule has 2 aromatic rings. The number of aryl methyl sites for hydroxylation is 1. The predicted molar refractivity (Wildman–Crippen MR) is 247 cm³/mol. The summed E-state index contributed by atoms with van der Waals surface area (Å²) < 4.78 is 34.5. The van der Waals surface area contributed by atoms with Crippen LogP contribution in [-0.4, -0.2) is 79.6 Å². The van der Waals surface area contributed by atoms with Gasteiger partial charge in [-0.3, -0.25) is 4.90 Å². The van der Waals surface area contributed by atoms with E-state index >= 15 is 0 Å². The highest BCUT2D eigenvalue weighted by Crippen LogP contribution is 2.43.